The number of carbonyl (C=O) groups is 1. The van der Waals surface area contributed by atoms with Crippen LogP contribution in [0.1, 0.15) is 28.9 Å². The zero-order valence-electron chi connectivity index (χ0n) is 15.3. The summed E-state index contributed by atoms with van der Waals surface area (Å²) in [5, 5.41) is 3.00. The molecule has 0 fully saturated rings. The van der Waals surface area contributed by atoms with Gasteiger partial charge in [-0.3, -0.25) is 4.79 Å². The van der Waals surface area contributed by atoms with Crippen molar-refractivity contribution in [3.63, 3.8) is 0 Å². The van der Waals surface area contributed by atoms with Crippen LogP contribution in [0.5, 0.6) is 11.5 Å². The van der Waals surface area contributed by atoms with E-state index in [2.05, 4.69) is 10.2 Å². The Bertz CT molecular complexity index is 684. The van der Waals surface area contributed by atoms with Gasteiger partial charge in [-0.05, 0) is 51.4 Å². The van der Waals surface area contributed by atoms with Gasteiger partial charge in [-0.25, -0.2) is 0 Å². The van der Waals surface area contributed by atoms with Crippen LogP contribution >= 0.6 is 0 Å². The molecular weight excluding hydrogens is 316 g/mol. The van der Waals surface area contributed by atoms with E-state index in [0.29, 0.717) is 18.7 Å². The predicted molar refractivity (Wildman–Crippen MR) is 99.4 cm³/mol. The van der Waals surface area contributed by atoms with Gasteiger partial charge in [-0.15, -0.1) is 0 Å². The highest BCUT2D eigenvalue weighted by atomic mass is 16.5. The number of nitrogens with one attached hydrogen (secondary N) is 1. The van der Waals surface area contributed by atoms with Gasteiger partial charge >= 0.3 is 0 Å². The van der Waals surface area contributed by atoms with Crippen molar-refractivity contribution >= 4 is 5.91 Å². The second-order valence-electron chi connectivity index (χ2n) is 5.89. The fourth-order valence-electron chi connectivity index (χ4n) is 2.67. The topological polar surface area (TPSA) is 50.8 Å². The molecule has 0 saturated carbocycles. The lowest BCUT2D eigenvalue weighted by molar-refractivity contribution is 0.0941. The maximum Gasteiger partial charge on any atom is 0.251 e. The second-order valence-corrected chi connectivity index (χ2v) is 5.89. The number of rotatable bonds is 8. The minimum Gasteiger partial charge on any atom is -0.496 e. The van der Waals surface area contributed by atoms with Crippen LogP contribution in [0.4, 0.5) is 0 Å². The van der Waals surface area contributed by atoms with Crippen molar-refractivity contribution in [2.75, 3.05) is 34.4 Å². The number of likely N-dealkylation sites (N-methyl/N-ethyl adjacent to an activating group) is 1. The molecule has 1 amide bonds. The third-order valence-electron chi connectivity index (χ3n) is 4.00. The summed E-state index contributed by atoms with van der Waals surface area (Å²) in [6.45, 7) is 3.02. The Kier molecular flexibility index (Phi) is 6.83. The van der Waals surface area contributed by atoms with E-state index in [9.17, 15) is 4.79 Å². The molecule has 0 aliphatic heterocycles. The zero-order chi connectivity index (χ0) is 18.2. The van der Waals surface area contributed by atoms with Gasteiger partial charge < -0.3 is 19.7 Å². The molecule has 2 aromatic rings. The molecule has 0 aromatic heterocycles. The highest BCUT2D eigenvalue weighted by Crippen LogP contribution is 2.27. The fourth-order valence-corrected chi connectivity index (χ4v) is 2.67. The molecule has 0 aliphatic carbocycles. The summed E-state index contributed by atoms with van der Waals surface area (Å²) in [6.07, 6.45) is 0. The van der Waals surface area contributed by atoms with Crippen molar-refractivity contribution in [1.82, 2.24) is 10.2 Å². The van der Waals surface area contributed by atoms with Crippen molar-refractivity contribution in [2.24, 2.45) is 0 Å². The van der Waals surface area contributed by atoms with Crippen molar-refractivity contribution in [2.45, 2.75) is 13.0 Å². The van der Waals surface area contributed by atoms with E-state index in [-0.39, 0.29) is 11.9 Å². The highest BCUT2D eigenvalue weighted by molar-refractivity contribution is 5.94. The Hall–Kier alpha value is -2.53. The van der Waals surface area contributed by atoms with Crippen LogP contribution in [0.15, 0.2) is 48.5 Å². The van der Waals surface area contributed by atoms with Crippen LogP contribution < -0.4 is 14.8 Å². The quantitative estimate of drug-likeness (QED) is 0.801. The molecular formula is C20H26N2O3. The molecule has 25 heavy (non-hydrogen) atoms. The second kappa shape index (κ2) is 9.08. The molecule has 2 aromatic carbocycles. The van der Waals surface area contributed by atoms with Crippen LogP contribution in [0.25, 0.3) is 0 Å². The van der Waals surface area contributed by atoms with Crippen LogP contribution in [-0.4, -0.2) is 45.2 Å². The molecule has 0 radical (unpaired) electrons. The molecule has 1 unspecified atom stereocenters. The maximum absolute atomic E-state index is 12.4. The average molecular weight is 342 g/mol. The average Bonchev–Trinajstić information content (AvgIpc) is 2.62. The number of carbonyl (C=O) groups excluding carboxylic acids is 1. The van der Waals surface area contributed by atoms with Gasteiger partial charge in [-0.1, -0.05) is 18.2 Å². The molecule has 5 nitrogen and oxygen atoms in total. The number of nitrogens with zero attached hydrogens (tertiary/aromatic N) is 1. The monoisotopic (exact) mass is 342 g/mol. The predicted octanol–water partition coefficient (Wildman–Crippen LogP) is 3.13. The van der Waals surface area contributed by atoms with Crippen LogP contribution in [0.2, 0.25) is 0 Å². The van der Waals surface area contributed by atoms with Crippen molar-refractivity contribution in [1.29, 1.82) is 0 Å². The zero-order valence-corrected chi connectivity index (χ0v) is 15.3. The number of hydrogen-bond acceptors (Lipinski definition) is 4. The number of methoxy groups -OCH3 is 1. The third-order valence-corrected chi connectivity index (χ3v) is 4.00. The molecule has 0 spiro atoms. The largest absolute Gasteiger partial charge is 0.496 e. The lowest BCUT2D eigenvalue weighted by Crippen LogP contribution is -2.34. The van der Waals surface area contributed by atoms with E-state index in [1.807, 2.05) is 57.4 Å². The summed E-state index contributed by atoms with van der Waals surface area (Å²) in [5.41, 5.74) is 1.66. The number of hydrogen-bond donors (Lipinski definition) is 1. The van der Waals surface area contributed by atoms with E-state index in [0.717, 1.165) is 17.1 Å². The molecule has 1 N–H and O–H groups in total. The molecule has 1 atom stereocenters. The molecule has 134 valence electrons. The van der Waals surface area contributed by atoms with Crippen LogP contribution in [0, 0.1) is 0 Å². The number of ether oxygens (including phenoxy) is 2. The van der Waals surface area contributed by atoms with E-state index in [1.165, 1.54) is 0 Å². The Morgan fingerprint density at radius 3 is 2.40 bits per heavy atom. The summed E-state index contributed by atoms with van der Waals surface area (Å²) >= 11 is 0. The van der Waals surface area contributed by atoms with Gasteiger partial charge in [0.2, 0.25) is 0 Å². The summed E-state index contributed by atoms with van der Waals surface area (Å²) in [5.74, 6) is 1.47. The third kappa shape index (κ3) is 4.97. The normalized spacial score (nSPS) is 11.9. The van der Waals surface area contributed by atoms with Crippen molar-refractivity contribution in [3.8, 4) is 11.5 Å². The van der Waals surface area contributed by atoms with E-state index >= 15 is 0 Å². The number of amides is 1. The van der Waals surface area contributed by atoms with E-state index in [4.69, 9.17) is 9.47 Å². The van der Waals surface area contributed by atoms with Crippen molar-refractivity contribution < 1.29 is 14.3 Å². The first-order valence-corrected chi connectivity index (χ1v) is 8.37. The fraction of sp³-hybridized carbons (Fsp3) is 0.350. The van der Waals surface area contributed by atoms with Gasteiger partial charge in [0.15, 0.2) is 0 Å². The first-order valence-electron chi connectivity index (χ1n) is 8.37. The molecule has 0 aliphatic rings. The van der Waals surface area contributed by atoms with E-state index in [1.54, 1.807) is 19.2 Å². The highest BCUT2D eigenvalue weighted by Gasteiger charge is 2.19. The Morgan fingerprint density at radius 2 is 1.80 bits per heavy atom. The molecule has 2 rings (SSSR count). The summed E-state index contributed by atoms with van der Waals surface area (Å²) < 4.78 is 10.9. The van der Waals surface area contributed by atoms with Gasteiger partial charge in [0.05, 0.1) is 19.8 Å². The lowest BCUT2D eigenvalue weighted by Gasteiger charge is -2.26. The Balaban J connectivity index is 2.06. The molecule has 5 heteroatoms. The first kappa shape index (κ1) is 18.8. The summed E-state index contributed by atoms with van der Waals surface area (Å²) in [7, 11) is 5.63. The minimum absolute atomic E-state index is 0.0165. The first-order chi connectivity index (χ1) is 12.1. The Labute approximate surface area is 149 Å². The smallest absolute Gasteiger partial charge is 0.251 e. The molecule has 0 saturated heterocycles. The molecule has 0 heterocycles. The summed E-state index contributed by atoms with van der Waals surface area (Å²) in [6, 6.07) is 15.0. The number of benzene rings is 2. The summed E-state index contributed by atoms with van der Waals surface area (Å²) in [4.78, 5) is 14.5. The SMILES string of the molecule is CCOc1ccc(C(=O)NCC(c2ccccc2OC)N(C)C)cc1. The standard InChI is InChI=1S/C20H26N2O3/c1-5-25-16-12-10-15(11-13-16)20(23)21-14-18(22(2)3)17-8-6-7-9-19(17)24-4/h6-13,18H,5,14H2,1-4H3,(H,21,23). The number of para-hydroxylation sites is 1. The molecule has 0 bridgehead atoms. The minimum atomic E-state index is -0.107. The Morgan fingerprint density at radius 1 is 1.12 bits per heavy atom. The van der Waals surface area contributed by atoms with Gasteiger partial charge in [-0.2, -0.15) is 0 Å². The van der Waals surface area contributed by atoms with Gasteiger partial charge in [0.1, 0.15) is 11.5 Å². The van der Waals surface area contributed by atoms with Crippen LogP contribution in [0.3, 0.4) is 0 Å². The van der Waals surface area contributed by atoms with Crippen LogP contribution in [-0.2, 0) is 0 Å². The van der Waals surface area contributed by atoms with Crippen molar-refractivity contribution in [3.05, 3.63) is 59.7 Å². The lowest BCUT2D eigenvalue weighted by atomic mass is 10.0. The van der Waals surface area contributed by atoms with Gasteiger partial charge in [0.25, 0.3) is 5.91 Å². The van der Waals surface area contributed by atoms with E-state index < -0.39 is 0 Å². The maximum atomic E-state index is 12.4. The van der Waals surface area contributed by atoms with Gasteiger partial charge in [0, 0.05) is 17.7 Å².